The fourth-order valence-electron chi connectivity index (χ4n) is 2.54. The average molecular weight is 295 g/mol. The van der Waals surface area contributed by atoms with Crippen LogP contribution in [0.1, 0.15) is 5.56 Å². The van der Waals surface area contributed by atoms with Crippen LogP contribution in [0.3, 0.4) is 0 Å². The third-order valence-electron chi connectivity index (χ3n) is 3.71. The molecule has 22 heavy (non-hydrogen) atoms. The van der Waals surface area contributed by atoms with Crippen LogP contribution in [0.5, 0.6) is 17.2 Å². The Balaban J connectivity index is 2.28. The number of aryl methyl sites for hydroxylation is 1. The number of pyridine rings is 1. The molecule has 0 unspecified atom stereocenters. The minimum atomic E-state index is 0.168. The van der Waals surface area contributed by atoms with Crippen LogP contribution >= 0.6 is 0 Å². The van der Waals surface area contributed by atoms with Gasteiger partial charge in [-0.25, -0.2) is 4.98 Å². The molecule has 3 rings (SSSR count). The van der Waals surface area contributed by atoms with E-state index in [2.05, 4.69) is 4.98 Å². The Hall–Kier alpha value is -2.75. The predicted molar refractivity (Wildman–Crippen MR) is 86.7 cm³/mol. The highest BCUT2D eigenvalue weighted by atomic mass is 16.5. The number of benzene rings is 2. The van der Waals surface area contributed by atoms with Crippen molar-refractivity contribution < 1.29 is 14.6 Å². The first-order valence-corrected chi connectivity index (χ1v) is 6.95. The quantitative estimate of drug-likeness (QED) is 0.795. The maximum atomic E-state index is 10.1. The number of aromatic hydroxyl groups is 1. The van der Waals surface area contributed by atoms with E-state index in [-0.39, 0.29) is 5.75 Å². The maximum absolute atomic E-state index is 10.1. The Morgan fingerprint density at radius 1 is 1.00 bits per heavy atom. The highest BCUT2D eigenvalue weighted by molar-refractivity contribution is 5.90. The molecule has 2 aromatic carbocycles. The number of phenolic OH excluding ortho intramolecular Hbond substituents is 1. The van der Waals surface area contributed by atoms with Crippen molar-refractivity contribution in [2.45, 2.75) is 6.92 Å². The van der Waals surface area contributed by atoms with Gasteiger partial charge in [-0.15, -0.1) is 0 Å². The Morgan fingerprint density at radius 3 is 2.55 bits per heavy atom. The van der Waals surface area contributed by atoms with Gasteiger partial charge in [-0.2, -0.15) is 0 Å². The van der Waals surface area contributed by atoms with E-state index in [1.807, 2.05) is 31.2 Å². The molecule has 4 heteroatoms. The molecule has 1 N–H and O–H groups in total. The Bertz CT molecular complexity index is 843. The molecule has 0 atom stereocenters. The topological polar surface area (TPSA) is 51.6 Å². The Kier molecular flexibility index (Phi) is 3.59. The highest BCUT2D eigenvalue weighted by Crippen LogP contribution is 2.35. The van der Waals surface area contributed by atoms with Gasteiger partial charge in [0, 0.05) is 10.9 Å². The van der Waals surface area contributed by atoms with Gasteiger partial charge in [-0.05, 0) is 42.8 Å². The molecule has 0 saturated heterocycles. The maximum Gasteiger partial charge on any atom is 0.145 e. The summed E-state index contributed by atoms with van der Waals surface area (Å²) in [4.78, 5) is 4.67. The van der Waals surface area contributed by atoms with Crippen LogP contribution in [-0.4, -0.2) is 24.3 Å². The number of nitrogens with zero attached hydrogens (tertiary/aromatic N) is 1. The Labute approximate surface area is 129 Å². The standard InChI is InChI=1S/C18H17NO3/c1-11-9-15(14-10-12(21-2)7-8-16(14)20)19-18-13(11)5-4-6-17(18)22-3/h4-10,20H,1-3H3. The highest BCUT2D eigenvalue weighted by Gasteiger charge is 2.12. The number of para-hydroxylation sites is 1. The summed E-state index contributed by atoms with van der Waals surface area (Å²) < 4.78 is 10.6. The number of fused-ring (bicyclic) bond motifs is 1. The smallest absolute Gasteiger partial charge is 0.145 e. The number of hydrogen-bond donors (Lipinski definition) is 1. The Morgan fingerprint density at radius 2 is 1.82 bits per heavy atom. The normalized spacial score (nSPS) is 10.7. The van der Waals surface area contributed by atoms with Crippen molar-refractivity contribution >= 4 is 10.9 Å². The van der Waals surface area contributed by atoms with Crippen molar-refractivity contribution in [3.8, 4) is 28.5 Å². The van der Waals surface area contributed by atoms with Crippen molar-refractivity contribution in [3.63, 3.8) is 0 Å². The molecule has 112 valence electrons. The summed E-state index contributed by atoms with van der Waals surface area (Å²) in [5, 5.41) is 11.2. The number of hydrogen-bond acceptors (Lipinski definition) is 4. The molecule has 0 aliphatic carbocycles. The van der Waals surface area contributed by atoms with Gasteiger partial charge in [0.25, 0.3) is 0 Å². The SMILES string of the molecule is COc1ccc(O)c(-c2cc(C)c3cccc(OC)c3n2)c1. The first kappa shape index (κ1) is 14.2. The largest absolute Gasteiger partial charge is 0.507 e. The third-order valence-corrected chi connectivity index (χ3v) is 3.71. The van der Waals surface area contributed by atoms with E-state index in [9.17, 15) is 5.11 Å². The fraction of sp³-hybridized carbons (Fsp3) is 0.167. The van der Waals surface area contributed by atoms with Gasteiger partial charge in [0.15, 0.2) is 0 Å². The van der Waals surface area contributed by atoms with Gasteiger partial charge in [0.05, 0.1) is 19.9 Å². The third kappa shape index (κ3) is 2.33. The van der Waals surface area contributed by atoms with Crippen molar-refractivity contribution in [2.24, 2.45) is 0 Å². The van der Waals surface area contributed by atoms with Crippen molar-refractivity contribution in [1.82, 2.24) is 4.98 Å². The van der Waals surface area contributed by atoms with Gasteiger partial charge in [-0.3, -0.25) is 0 Å². The first-order valence-electron chi connectivity index (χ1n) is 6.95. The van der Waals surface area contributed by atoms with Crippen LogP contribution in [0.4, 0.5) is 0 Å². The van der Waals surface area contributed by atoms with Crippen LogP contribution in [0.25, 0.3) is 22.2 Å². The number of rotatable bonds is 3. The number of ether oxygens (including phenoxy) is 2. The van der Waals surface area contributed by atoms with Crippen molar-refractivity contribution in [1.29, 1.82) is 0 Å². The molecule has 0 aliphatic heterocycles. The summed E-state index contributed by atoms with van der Waals surface area (Å²) in [5.74, 6) is 1.55. The molecule has 0 bridgehead atoms. The van der Waals surface area contributed by atoms with Crippen molar-refractivity contribution in [3.05, 3.63) is 48.0 Å². The van der Waals surface area contributed by atoms with Gasteiger partial charge in [0.1, 0.15) is 22.8 Å². The summed E-state index contributed by atoms with van der Waals surface area (Å²) in [6, 6.07) is 12.9. The number of methoxy groups -OCH3 is 2. The first-order chi connectivity index (χ1) is 10.6. The van der Waals surface area contributed by atoms with E-state index in [1.165, 1.54) is 0 Å². The van der Waals surface area contributed by atoms with E-state index >= 15 is 0 Å². The molecule has 3 aromatic rings. The predicted octanol–water partition coefficient (Wildman–Crippen LogP) is 3.93. The lowest BCUT2D eigenvalue weighted by atomic mass is 10.0. The molecule has 0 amide bonds. The molecule has 0 spiro atoms. The molecule has 0 radical (unpaired) electrons. The molecular formula is C18H17NO3. The zero-order valence-electron chi connectivity index (χ0n) is 12.8. The second-order valence-corrected chi connectivity index (χ2v) is 5.06. The minimum absolute atomic E-state index is 0.168. The van der Waals surface area contributed by atoms with Crippen molar-refractivity contribution in [2.75, 3.05) is 14.2 Å². The monoisotopic (exact) mass is 295 g/mol. The van der Waals surface area contributed by atoms with E-state index in [4.69, 9.17) is 9.47 Å². The summed E-state index contributed by atoms with van der Waals surface area (Å²) in [6.45, 7) is 2.02. The molecule has 0 saturated carbocycles. The molecule has 1 aromatic heterocycles. The number of phenols is 1. The van der Waals surface area contributed by atoms with Gasteiger partial charge >= 0.3 is 0 Å². The lowest BCUT2D eigenvalue weighted by Gasteiger charge is -2.11. The summed E-state index contributed by atoms with van der Waals surface area (Å²) in [5.41, 5.74) is 3.17. The lowest BCUT2D eigenvalue weighted by Crippen LogP contribution is -1.93. The summed E-state index contributed by atoms with van der Waals surface area (Å²) in [7, 11) is 3.22. The van der Waals surface area contributed by atoms with Crippen LogP contribution in [0, 0.1) is 6.92 Å². The molecule has 4 nitrogen and oxygen atoms in total. The van der Waals surface area contributed by atoms with Crippen LogP contribution < -0.4 is 9.47 Å². The summed E-state index contributed by atoms with van der Waals surface area (Å²) in [6.07, 6.45) is 0. The minimum Gasteiger partial charge on any atom is -0.507 e. The van der Waals surface area contributed by atoms with Crippen LogP contribution in [-0.2, 0) is 0 Å². The number of aromatic nitrogens is 1. The van der Waals surface area contributed by atoms with Crippen LogP contribution in [0.15, 0.2) is 42.5 Å². The zero-order valence-corrected chi connectivity index (χ0v) is 12.8. The molecule has 0 fully saturated rings. The van der Waals surface area contributed by atoms with Crippen LogP contribution in [0.2, 0.25) is 0 Å². The van der Waals surface area contributed by atoms with E-state index < -0.39 is 0 Å². The molecule has 1 heterocycles. The lowest BCUT2D eigenvalue weighted by molar-refractivity contribution is 0.412. The van der Waals surface area contributed by atoms with E-state index in [0.717, 1.165) is 16.5 Å². The van der Waals surface area contributed by atoms with Gasteiger partial charge in [0.2, 0.25) is 0 Å². The molecular weight excluding hydrogens is 278 g/mol. The molecule has 0 aliphatic rings. The second-order valence-electron chi connectivity index (χ2n) is 5.06. The summed E-state index contributed by atoms with van der Waals surface area (Å²) >= 11 is 0. The average Bonchev–Trinajstić information content (AvgIpc) is 2.54. The fourth-order valence-corrected chi connectivity index (χ4v) is 2.54. The van der Waals surface area contributed by atoms with E-state index in [1.54, 1.807) is 32.4 Å². The zero-order chi connectivity index (χ0) is 15.7. The van der Waals surface area contributed by atoms with Gasteiger partial charge in [-0.1, -0.05) is 12.1 Å². The van der Waals surface area contributed by atoms with Gasteiger partial charge < -0.3 is 14.6 Å². The van der Waals surface area contributed by atoms with E-state index in [0.29, 0.717) is 22.8 Å². The second kappa shape index (κ2) is 5.56.